The van der Waals surface area contributed by atoms with Crippen molar-refractivity contribution in [1.82, 2.24) is 9.78 Å². The lowest BCUT2D eigenvalue weighted by molar-refractivity contribution is 0.0601. The van der Waals surface area contributed by atoms with Gasteiger partial charge in [0.2, 0.25) is 0 Å². The molecule has 0 unspecified atom stereocenters. The van der Waals surface area contributed by atoms with Gasteiger partial charge < -0.3 is 9.47 Å². The Kier molecular flexibility index (Phi) is 4.06. The van der Waals surface area contributed by atoms with Crippen LogP contribution in [0.1, 0.15) is 17.3 Å². The van der Waals surface area contributed by atoms with E-state index in [4.69, 9.17) is 21.1 Å². The zero-order valence-electron chi connectivity index (χ0n) is 10.6. The van der Waals surface area contributed by atoms with E-state index in [0.717, 1.165) is 0 Å². The summed E-state index contributed by atoms with van der Waals surface area (Å²) in [5.74, 6) is 0.0605. The van der Waals surface area contributed by atoms with Crippen molar-refractivity contribution in [2.24, 2.45) is 0 Å². The van der Waals surface area contributed by atoms with E-state index in [1.165, 1.54) is 7.11 Å². The summed E-state index contributed by atoms with van der Waals surface area (Å²) >= 11 is 6.06. The molecule has 0 bridgehead atoms. The largest absolute Gasteiger partial charge is 0.492 e. The smallest absolute Gasteiger partial charge is 0.339 e. The van der Waals surface area contributed by atoms with Gasteiger partial charge in [0.25, 0.3) is 0 Å². The van der Waals surface area contributed by atoms with E-state index < -0.39 is 5.97 Å². The molecule has 0 saturated carbocycles. The third-order valence-electron chi connectivity index (χ3n) is 2.50. The molecule has 2 aromatic rings. The Bertz CT molecular complexity index is 582. The standard InChI is InChI=1S/C13H13ClN2O3/c1-3-19-12-8-10(14)9(13(17)18-2)7-11(12)16-6-4-5-15-16/h4-8H,3H2,1-2H3. The van der Waals surface area contributed by atoms with Crippen LogP contribution < -0.4 is 4.74 Å². The predicted octanol–water partition coefficient (Wildman–Crippen LogP) is 2.71. The van der Waals surface area contributed by atoms with E-state index in [-0.39, 0.29) is 10.6 Å². The van der Waals surface area contributed by atoms with Gasteiger partial charge in [0.05, 0.1) is 24.3 Å². The number of nitrogens with zero attached hydrogens (tertiary/aromatic N) is 2. The second kappa shape index (κ2) is 5.75. The number of hydrogen-bond acceptors (Lipinski definition) is 4. The van der Waals surface area contributed by atoms with Crippen molar-refractivity contribution in [3.63, 3.8) is 0 Å². The first-order chi connectivity index (χ1) is 9.17. The fourth-order valence-electron chi connectivity index (χ4n) is 1.67. The van der Waals surface area contributed by atoms with Crippen LogP contribution >= 0.6 is 11.6 Å². The summed E-state index contributed by atoms with van der Waals surface area (Å²) < 4.78 is 11.8. The number of carbonyl (C=O) groups excluding carboxylic acids is 1. The summed E-state index contributed by atoms with van der Waals surface area (Å²) in [6.07, 6.45) is 3.40. The SMILES string of the molecule is CCOc1cc(Cl)c(C(=O)OC)cc1-n1cccn1. The van der Waals surface area contributed by atoms with Gasteiger partial charge in [0.1, 0.15) is 11.4 Å². The molecular weight excluding hydrogens is 268 g/mol. The zero-order chi connectivity index (χ0) is 13.8. The first-order valence-corrected chi connectivity index (χ1v) is 6.09. The number of benzene rings is 1. The predicted molar refractivity (Wildman–Crippen MR) is 71.1 cm³/mol. The molecule has 0 amide bonds. The highest BCUT2D eigenvalue weighted by Crippen LogP contribution is 2.30. The lowest BCUT2D eigenvalue weighted by atomic mass is 10.2. The molecule has 0 spiro atoms. The maximum atomic E-state index is 11.6. The molecule has 1 aromatic heterocycles. The van der Waals surface area contributed by atoms with Gasteiger partial charge in [-0.15, -0.1) is 0 Å². The van der Waals surface area contributed by atoms with Gasteiger partial charge >= 0.3 is 5.97 Å². The minimum absolute atomic E-state index is 0.276. The molecule has 1 aromatic carbocycles. The van der Waals surface area contributed by atoms with Crippen molar-refractivity contribution in [2.75, 3.05) is 13.7 Å². The number of carbonyl (C=O) groups is 1. The minimum Gasteiger partial charge on any atom is -0.492 e. The average molecular weight is 281 g/mol. The molecule has 1 heterocycles. The van der Waals surface area contributed by atoms with Gasteiger partial charge in [-0.25, -0.2) is 9.48 Å². The fourth-order valence-corrected chi connectivity index (χ4v) is 1.90. The summed E-state index contributed by atoms with van der Waals surface area (Å²) in [5, 5.41) is 4.41. The van der Waals surface area contributed by atoms with E-state index in [1.54, 1.807) is 35.3 Å². The van der Waals surface area contributed by atoms with E-state index in [0.29, 0.717) is 18.0 Å². The third-order valence-corrected chi connectivity index (χ3v) is 2.82. The monoisotopic (exact) mass is 280 g/mol. The summed E-state index contributed by atoms with van der Waals surface area (Å²) in [6.45, 7) is 2.36. The molecule has 2 rings (SSSR count). The maximum Gasteiger partial charge on any atom is 0.339 e. The average Bonchev–Trinajstić information content (AvgIpc) is 2.92. The van der Waals surface area contributed by atoms with Gasteiger partial charge in [0.15, 0.2) is 0 Å². The number of esters is 1. The Morgan fingerprint density at radius 1 is 1.47 bits per heavy atom. The molecule has 19 heavy (non-hydrogen) atoms. The Balaban J connectivity index is 2.57. The minimum atomic E-state index is -0.499. The number of methoxy groups -OCH3 is 1. The Morgan fingerprint density at radius 3 is 2.84 bits per heavy atom. The van der Waals surface area contributed by atoms with Gasteiger partial charge in [-0.2, -0.15) is 5.10 Å². The summed E-state index contributed by atoms with van der Waals surface area (Å²) in [5.41, 5.74) is 0.912. The van der Waals surface area contributed by atoms with E-state index >= 15 is 0 Å². The van der Waals surface area contributed by atoms with Crippen LogP contribution in [-0.2, 0) is 4.74 Å². The van der Waals surface area contributed by atoms with E-state index in [1.807, 2.05) is 6.92 Å². The molecule has 0 aliphatic rings. The van der Waals surface area contributed by atoms with E-state index in [9.17, 15) is 4.79 Å². The second-order valence-corrected chi connectivity index (χ2v) is 4.08. The third kappa shape index (κ3) is 2.71. The number of halogens is 1. The van der Waals surface area contributed by atoms with Crippen molar-refractivity contribution in [3.05, 3.63) is 41.2 Å². The Hall–Kier alpha value is -2.01. The topological polar surface area (TPSA) is 53.4 Å². The second-order valence-electron chi connectivity index (χ2n) is 3.68. The molecule has 0 aliphatic heterocycles. The highest BCUT2D eigenvalue weighted by molar-refractivity contribution is 6.33. The van der Waals surface area contributed by atoms with Gasteiger partial charge in [-0.05, 0) is 19.1 Å². The number of hydrogen-bond donors (Lipinski definition) is 0. The van der Waals surface area contributed by atoms with E-state index in [2.05, 4.69) is 5.10 Å². The number of rotatable bonds is 4. The van der Waals surface area contributed by atoms with Crippen LogP contribution in [0.2, 0.25) is 5.02 Å². The quantitative estimate of drug-likeness (QED) is 0.808. The first-order valence-electron chi connectivity index (χ1n) is 5.72. The van der Waals surface area contributed by atoms with Crippen LogP contribution in [0, 0.1) is 0 Å². The van der Waals surface area contributed by atoms with Crippen molar-refractivity contribution in [1.29, 1.82) is 0 Å². The lowest BCUT2D eigenvalue weighted by Gasteiger charge is -2.13. The molecule has 0 radical (unpaired) electrons. The molecule has 100 valence electrons. The summed E-state index contributed by atoms with van der Waals surface area (Å²) in [6, 6.07) is 4.97. The highest BCUT2D eigenvalue weighted by atomic mass is 35.5. The molecule has 0 atom stereocenters. The Labute approximate surface area is 115 Å². The van der Waals surface area contributed by atoms with Crippen LogP contribution in [0.5, 0.6) is 5.75 Å². The van der Waals surface area contributed by atoms with Crippen molar-refractivity contribution >= 4 is 17.6 Å². The van der Waals surface area contributed by atoms with Gasteiger partial charge in [-0.1, -0.05) is 11.6 Å². The first kappa shape index (κ1) is 13.4. The molecule has 0 N–H and O–H groups in total. The van der Waals surface area contributed by atoms with Crippen LogP contribution in [0.3, 0.4) is 0 Å². The molecule has 0 saturated heterocycles. The number of ether oxygens (including phenoxy) is 2. The summed E-state index contributed by atoms with van der Waals surface area (Å²) in [4.78, 5) is 11.6. The normalized spacial score (nSPS) is 10.3. The highest BCUT2D eigenvalue weighted by Gasteiger charge is 2.17. The van der Waals surface area contributed by atoms with Crippen molar-refractivity contribution in [2.45, 2.75) is 6.92 Å². The van der Waals surface area contributed by atoms with Gasteiger partial charge in [-0.3, -0.25) is 0 Å². The number of aromatic nitrogens is 2. The molecule has 6 heteroatoms. The summed E-state index contributed by atoms with van der Waals surface area (Å²) in [7, 11) is 1.31. The molecular formula is C13H13ClN2O3. The van der Waals surface area contributed by atoms with Crippen LogP contribution in [-0.4, -0.2) is 29.5 Å². The zero-order valence-corrected chi connectivity index (χ0v) is 11.3. The van der Waals surface area contributed by atoms with Crippen molar-refractivity contribution in [3.8, 4) is 11.4 Å². The Morgan fingerprint density at radius 2 is 2.26 bits per heavy atom. The lowest BCUT2D eigenvalue weighted by Crippen LogP contribution is -2.07. The van der Waals surface area contributed by atoms with Gasteiger partial charge in [0, 0.05) is 18.5 Å². The van der Waals surface area contributed by atoms with Crippen LogP contribution in [0.15, 0.2) is 30.6 Å². The van der Waals surface area contributed by atoms with Crippen LogP contribution in [0.4, 0.5) is 0 Å². The molecule has 0 fully saturated rings. The maximum absolute atomic E-state index is 11.6. The van der Waals surface area contributed by atoms with Crippen LogP contribution in [0.25, 0.3) is 5.69 Å². The molecule has 5 nitrogen and oxygen atoms in total. The fraction of sp³-hybridized carbons (Fsp3) is 0.231. The van der Waals surface area contributed by atoms with Crippen molar-refractivity contribution < 1.29 is 14.3 Å². The molecule has 0 aliphatic carbocycles.